The maximum absolute atomic E-state index is 13.3. The van der Waals surface area contributed by atoms with Crippen molar-refractivity contribution in [1.29, 1.82) is 0 Å². The molecule has 102 valence electrons. The van der Waals surface area contributed by atoms with Crippen molar-refractivity contribution in [3.8, 4) is 0 Å². The van der Waals surface area contributed by atoms with Crippen molar-refractivity contribution in [3.05, 3.63) is 71.6 Å². The number of hydrogen-bond donors (Lipinski definition) is 1. The van der Waals surface area contributed by atoms with Crippen LogP contribution in [0.3, 0.4) is 0 Å². The fourth-order valence-corrected chi connectivity index (χ4v) is 1.51. The van der Waals surface area contributed by atoms with E-state index in [0.717, 1.165) is 24.3 Å². The Kier molecular flexibility index (Phi) is 4.20. The summed E-state index contributed by atoms with van der Waals surface area (Å²) in [6.45, 7) is 0. The van der Waals surface area contributed by atoms with Gasteiger partial charge in [0, 0.05) is 12.1 Å². The van der Waals surface area contributed by atoms with E-state index in [1.807, 2.05) is 0 Å². The molecule has 0 aliphatic rings. The number of halogens is 3. The second-order valence-corrected chi connectivity index (χ2v) is 4.00. The molecule has 2 aromatic carbocycles. The normalized spacial score (nSPS) is 10.8. The van der Waals surface area contributed by atoms with E-state index < -0.39 is 17.5 Å². The van der Waals surface area contributed by atoms with Crippen LogP contribution in [0.5, 0.6) is 0 Å². The number of amides is 1. The molecule has 0 saturated heterocycles. The molecule has 0 heterocycles. The quantitative estimate of drug-likeness (QED) is 0.850. The van der Waals surface area contributed by atoms with Crippen LogP contribution in [0.1, 0.15) is 5.56 Å². The van der Waals surface area contributed by atoms with Gasteiger partial charge >= 0.3 is 0 Å². The van der Waals surface area contributed by atoms with Crippen molar-refractivity contribution in [3.63, 3.8) is 0 Å². The summed E-state index contributed by atoms with van der Waals surface area (Å²) < 4.78 is 38.9. The van der Waals surface area contributed by atoms with Crippen molar-refractivity contribution in [1.82, 2.24) is 0 Å². The third kappa shape index (κ3) is 3.71. The SMILES string of the molecule is O=C(C=Cc1ccc(F)cc1)Nc1cc(F)ccc1F. The molecule has 2 rings (SSSR count). The van der Waals surface area contributed by atoms with E-state index in [4.69, 9.17) is 0 Å². The zero-order chi connectivity index (χ0) is 14.5. The lowest BCUT2D eigenvalue weighted by Crippen LogP contribution is -2.09. The predicted molar refractivity (Wildman–Crippen MR) is 70.4 cm³/mol. The molecule has 2 aromatic rings. The summed E-state index contributed by atoms with van der Waals surface area (Å²) in [6, 6.07) is 8.25. The lowest BCUT2D eigenvalue weighted by Gasteiger charge is -2.03. The number of nitrogens with one attached hydrogen (secondary N) is 1. The smallest absolute Gasteiger partial charge is 0.248 e. The van der Waals surface area contributed by atoms with E-state index >= 15 is 0 Å². The summed E-state index contributed by atoms with van der Waals surface area (Å²) in [4.78, 5) is 11.6. The first-order valence-electron chi connectivity index (χ1n) is 5.74. The molecule has 0 saturated carbocycles. The predicted octanol–water partition coefficient (Wildman–Crippen LogP) is 3.76. The zero-order valence-electron chi connectivity index (χ0n) is 10.2. The molecule has 0 spiro atoms. The van der Waals surface area contributed by atoms with Crippen molar-refractivity contribution in [2.45, 2.75) is 0 Å². The molecule has 0 aliphatic heterocycles. The number of rotatable bonds is 3. The van der Waals surface area contributed by atoms with Gasteiger partial charge in [0.25, 0.3) is 0 Å². The first-order valence-corrected chi connectivity index (χ1v) is 5.74. The van der Waals surface area contributed by atoms with Gasteiger partial charge in [0.05, 0.1) is 5.69 Å². The van der Waals surface area contributed by atoms with Gasteiger partial charge < -0.3 is 5.32 Å². The molecule has 0 unspecified atom stereocenters. The molecule has 1 N–H and O–H groups in total. The topological polar surface area (TPSA) is 29.1 Å². The Labute approximate surface area is 113 Å². The lowest BCUT2D eigenvalue weighted by molar-refractivity contribution is -0.111. The summed E-state index contributed by atoms with van der Waals surface area (Å²) in [6.07, 6.45) is 2.59. The minimum atomic E-state index is -0.727. The molecular formula is C15H10F3NO. The largest absolute Gasteiger partial charge is 0.320 e. The number of benzene rings is 2. The standard InChI is InChI=1S/C15H10F3NO/c16-11-4-1-10(2-5-11)3-8-15(20)19-14-9-12(17)6-7-13(14)18/h1-9H,(H,19,20). The second kappa shape index (κ2) is 6.06. The summed E-state index contributed by atoms with van der Waals surface area (Å²) in [5.74, 6) is -2.37. The highest BCUT2D eigenvalue weighted by molar-refractivity contribution is 6.01. The van der Waals surface area contributed by atoms with Crippen LogP contribution in [0.4, 0.5) is 18.9 Å². The maximum atomic E-state index is 13.3. The Balaban J connectivity index is 2.05. The Hall–Kier alpha value is -2.56. The number of hydrogen-bond acceptors (Lipinski definition) is 1. The van der Waals surface area contributed by atoms with Gasteiger partial charge in [0.15, 0.2) is 0 Å². The summed E-state index contributed by atoms with van der Waals surface area (Å²) in [5.41, 5.74) is 0.375. The zero-order valence-corrected chi connectivity index (χ0v) is 10.2. The second-order valence-electron chi connectivity index (χ2n) is 4.00. The van der Waals surface area contributed by atoms with Crippen LogP contribution < -0.4 is 5.32 Å². The Morgan fingerprint density at radius 2 is 1.60 bits per heavy atom. The molecule has 0 radical (unpaired) electrons. The van der Waals surface area contributed by atoms with Gasteiger partial charge in [-0.2, -0.15) is 0 Å². The maximum Gasteiger partial charge on any atom is 0.248 e. The Bertz CT molecular complexity index is 651. The minimum absolute atomic E-state index is 0.237. The van der Waals surface area contributed by atoms with Gasteiger partial charge in [-0.1, -0.05) is 12.1 Å². The van der Waals surface area contributed by atoms with Gasteiger partial charge in [0.1, 0.15) is 17.5 Å². The highest BCUT2D eigenvalue weighted by Gasteiger charge is 2.05. The number of anilines is 1. The fourth-order valence-electron chi connectivity index (χ4n) is 1.51. The van der Waals surface area contributed by atoms with Crippen LogP contribution in [-0.2, 0) is 4.79 Å². The van der Waals surface area contributed by atoms with Crippen LogP contribution in [0.15, 0.2) is 48.5 Å². The molecule has 2 nitrogen and oxygen atoms in total. The van der Waals surface area contributed by atoms with Gasteiger partial charge in [-0.25, -0.2) is 13.2 Å². The van der Waals surface area contributed by atoms with Crippen LogP contribution in [0, 0.1) is 17.5 Å². The van der Waals surface area contributed by atoms with Gasteiger partial charge in [0.2, 0.25) is 5.91 Å². The van der Waals surface area contributed by atoms with E-state index in [-0.39, 0.29) is 11.5 Å². The Morgan fingerprint density at radius 3 is 2.30 bits per heavy atom. The van der Waals surface area contributed by atoms with E-state index in [0.29, 0.717) is 5.56 Å². The van der Waals surface area contributed by atoms with E-state index in [2.05, 4.69) is 5.32 Å². The molecule has 0 atom stereocenters. The average Bonchev–Trinajstić information content (AvgIpc) is 2.42. The monoisotopic (exact) mass is 277 g/mol. The minimum Gasteiger partial charge on any atom is -0.320 e. The molecule has 0 aliphatic carbocycles. The van der Waals surface area contributed by atoms with E-state index in [1.54, 1.807) is 0 Å². The van der Waals surface area contributed by atoms with Gasteiger partial charge in [-0.3, -0.25) is 4.79 Å². The number of carbonyl (C=O) groups is 1. The molecule has 0 bridgehead atoms. The van der Waals surface area contributed by atoms with Crippen LogP contribution in [0.25, 0.3) is 6.08 Å². The fraction of sp³-hybridized carbons (Fsp3) is 0. The molecule has 20 heavy (non-hydrogen) atoms. The first-order chi connectivity index (χ1) is 9.54. The average molecular weight is 277 g/mol. The third-order valence-electron chi connectivity index (χ3n) is 2.48. The summed E-state index contributed by atoms with van der Waals surface area (Å²) in [7, 11) is 0. The van der Waals surface area contributed by atoms with Crippen molar-refractivity contribution >= 4 is 17.7 Å². The van der Waals surface area contributed by atoms with Crippen LogP contribution in [0.2, 0.25) is 0 Å². The molecule has 1 amide bonds. The molecule has 0 aromatic heterocycles. The van der Waals surface area contributed by atoms with E-state index in [1.165, 1.54) is 30.3 Å². The first kappa shape index (κ1) is 13.9. The molecule has 5 heteroatoms. The molecule has 0 fully saturated rings. The van der Waals surface area contributed by atoms with Crippen LogP contribution in [-0.4, -0.2) is 5.91 Å². The Morgan fingerprint density at radius 1 is 0.950 bits per heavy atom. The number of carbonyl (C=O) groups excluding carboxylic acids is 1. The van der Waals surface area contributed by atoms with Gasteiger partial charge in [-0.05, 0) is 35.9 Å². The van der Waals surface area contributed by atoms with Gasteiger partial charge in [-0.15, -0.1) is 0 Å². The van der Waals surface area contributed by atoms with Crippen molar-refractivity contribution in [2.75, 3.05) is 5.32 Å². The van der Waals surface area contributed by atoms with Crippen molar-refractivity contribution in [2.24, 2.45) is 0 Å². The highest BCUT2D eigenvalue weighted by atomic mass is 19.1. The molecular weight excluding hydrogens is 267 g/mol. The third-order valence-corrected chi connectivity index (χ3v) is 2.48. The highest BCUT2D eigenvalue weighted by Crippen LogP contribution is 2.15. The van der Waals surface area contributed by atoms with Crippen LogP contribution >= 0.6 is 0 Å². The lowest BCUT2D eigenvalue weighted by atomic mass is 10.2. The summed E-state index contributed by atoms with van der Waals surface area (Å²) in [5, 5.41) is 2.22. The summed E-state index contributed by atoms with van der Waals surface area (Å²) >= 11 is 0. The van der Waals surface area contributed by atoms with E-state index in [9.17, 15) is 18.0 Å². The van der Waals surface area contributed by atoms with Crippen molar-refractivity contribution < 1.29 is 18.0 Å².